The Balaban J connectivity index is 1.54. The summed E-state index contributed by atoms with van der Waals surface area (Å²) in [4.78, 5) is 11.4. The minimum Gasteiger partial charge on any atom is -0.378 e. The topological polar surface area (TPSA) is 69.8 Å². The highest BCUT2D eigenvalue weighted by molar-refractivity contribution is 6.30. The van der Waals surface area contributed by atoms with Gasteiger partial charge in [-0.15, -0.1) is 0 Å². The predicted octanol–water partition coefficient (Wildman–Crippen LogP) is 4.37. The zero-order valence-electron chi connectivity index (χ0n) is 13.8. The molecule has 1 aliphatic rings. The van der Waals surface area contributed by atoms with E-state index in [0.29, 0.717) is 35.8 Å². The molecule has 132 valence electrons. The molecule has 0 radical (unpaired) electrons. The van der Waals surface area contributed by atoms with E-state index in [1.807, 2.05) is 24.3 Å². The first-order valence-corrected chi connectivity index (χ1v) is 8.62. The fraction of sp³-hybridized carbons (Fsp3) is 0.158. The molecular formula is C19H16ClFN4O. The van der Waals surface area contributed by atoms with Crippen LogP contribution in [0.1, 0.15) is 17.5 Å². The van der Waals surface area contributed by atoms with Crippen molar-refractivity contribution in [3.8, 4) is 11.3 Å². The Hall–Kier alpha value is -2.86. The van der Waals surface area contributed by atoms with Gasteiger partial charge in [-0.25, -0.2) is 4.39 Å². The molecule has 0 unspecified atom stereocenters. The summed E-state index contributed by atoms with van der Waals surface area (Å²) in [6.07, 6.45) is 2.74. The third kappa shape index (κ3) is 3.28. The molecular weight excluding hydrogens is 355 g/mol. The Bertz CT molecular complexity index is 968. The largest absolute Gasteiger partial charge is 0.378 e. The molecule has 3 N–H and O–H groups in total. The molecule has 0 saturated carbocycles. The summed E-state index contributed by atoms with van der Waals surface area (Å²) < 4.78 is 14.3. The second kappa shape index (κ2) is 6.80. The average Bonchev–Trinajstić information content (AvgIpc) is 3.09. The summed E-state index contributed by atoms with van der Waals surface area (Å²) in [5.41, 5.74) is 4.62. The Labute approximate surface area is 154 Å². The number of halogens is 2. The second-order valence-corrected chi connectivity index (χ2v) is 6.60. The van der Waals surface area contributed by atoms with Crippen LogP contribution in [0.5, 0.6) is 0 Å². The molecule has 26 heavy (non-hydrogen) atoms. The molecule has 4 rings (SSSR count). The lowest BCUT2D eigenvalue weighted by Crippen LogP contribution is -2.19. The average molecular weight is 371 g/mol. The van der Waals surface area contributed by atoms with Gasteiger partial charge in [0.05, 0.1) is 17.6 Å². The van der Waals surface area contributed by atoms with Crippen molar-refractivity contribution < 1.29 is 9.18 Å². The molecule has 0 aliphatic carbocycles. The smallest absolute Gasteiger partial charge is 0.224 e. The number of amides is 1. The third-order valence-corrected chi connectivity index (χ3v) is 4.66. The van der Waals surface area contributed by atoms with Crippen molar-refractivity contribution in [2.24, 2.45) is 0 Å². The van der Waals surface area contributed by atoms with Crippen molar-refractivity contribution in [2.75, 3.05) is 10.6 Å². The van der Waals surface area contributed by atoms with Crippen LogP contribution in [0, 0.1) is 5.82 Å². The van der Waals surface area contributed by atoms with E-state index >= 15 is 0 Å². The van der Waals surface area contributed by atoms with Crippen LogP contribution in [0.25, 0.3) is 11.3 Å². The van der Waals surface area contributed by atoms with Gasteiger partial charge in [0.1, 0.15) is 5.82 Å². The van der Waals surface area contributed by atoms with E-state index in [1.165, 1.54) is 6.07 Å². The lowest BCUT2D eigenvalue weighted by atomic mass is 10.0. The number of aromatic nitrogens is 2. The lowest BCUT2D eigenvalue weighted by Gasteiger charge is -2.18. The van der Waals surface area contributed by atoms with Gasteiger partial charge in [-0.3, -0.25) is 9.89 Å². The molecule has 0 fully saturated rings. The van der Waals surface area contributed by atoms with E-state index in [9.17, 15) is 9.18 Å². The molecule has 0 atom stereocenters. The third-order valence-electron chi connectivity index (χ3n) is 4.41. The standard InChI is InChI=1S/C19H16ClFN4O/c20-14-4-1-11(2-5-14)19-13(10-23-25-19)9-22-17-7-12-3-6-18(26)24-16(12)8-15(17)21/h1-2,4-5,7-8,10,22H,3,6,9H2,(H,23,25)(H,24,26). The molecule has 1 aromatic heterocycles. The van der Waals surface area contributed by atoms with Crippen molar-refractivity contribution in [1.82, 2.24) is 10.2 Å². The summed E-state index contributed by atoms with van der Waals surface area (Å²) in [6.45, 7) is 0.413. The van der Waals surface area contributed by atoms with Crippen molar-refractivity contribution >= 4 is 28.9 Å². The van der Waals surface area contributed by atoms with Gasteiger partial charge in [-0.2, -0.15) is 5.10 Å². The van der Waals surface area contributed by atoms with E-state index in [4.69, 9.17) is 11.6 Å². The van der Waals surface area contributed by atoms with Crippen LogP contribution >= 0.6 is 11.6 Å². The zero-order valence-corrected chi connectivity index (χ0v) is 14.5. The Morgan fingerprint density at radius 3 is 2.81 bits per heavy atom. The van der Waals surface area contributed by atoms with Gasteiger partial charge in [0.25, 0.3) is 0 Å². The molecule has 3 aromatic rings. The summed E-state index contributed by atoms with van der Waals surface area (Å²) >= 11 is 5.93. The second-order valence-electron chi connectivity index (χ2n) is 6.17. The van der Waals surface area contributed by atoms with Gasteiger partial charge in [0, 0.05) is 29.2 Å². The highest BCUT2D eigenvalue weighted by Gasteiger charge is 2.18. The Morgan fingerprint density at radius 2 is 2.00 bits per heavy atom. The van der Waals surface area contributed by atoms with Crippen LogP contribution in [-0.4, -0.2) is 16.1 Å². The quantitative estimate of drug-likeness (QED) is 0.638. The number of anilines is 2. The number of aryl methyl sites for hydroxylation is 1. The summed E-state index contributed by atoms with van der Waals surface area (Å²) in [7, 11) is 0. The van der Waals surface area contributed by atoms with E-state index < -0.39 is 5.82 Å². The maximum absolute atomic E-state index is 14.3. The number of hydrogen-bond acceptors (Lipinski definition) is 3. The number of nitrogens with zero attached hydrogens (tertiary/aromatic N) is 1. The van der Waals surface area contributed by atoms with Crippen molar-refractivity contribution in [3.63, 3.8) is 0 Å². The number of benzene rings is 2. The fourth-order valence-corrected chi connectivity index (χ4v) is 3.17. The van der Waals surface area contributed by atoms with Crippen molar-refractivity contribution in [1.29, 1.82) is 0 Å². The summed E-state index contributed by atoms with van der Waals surface area (Å²) in [6, 6.07) is 10.6. The number of nitrogens with one attached hydrogen (secondary N) is 3. The number of hydrogen-bond donors (Lipinski definition) is 3. The highest BCUT2D eigenvalue weighted by Crippen LogP contribution is 2.29. The highest BCUT2D eigenvalue weighted by atomic mass is 35.5. The Morgan fingerprint density at radius 1 is 1.19 bits per heavy atom. The lowest BCUT2D eigenvalue weighted by molar-refractivity contribution is -0.116. The Kier molecular flexibility index (Phi) is 4.34. The van der Waals surface area contributed by atoms with Gasteiger partial charge in [0.2, 0.25) is 5.91 Å². The molecule has 0 bridgehead atoms. The number of carbonyl (C=O) groups is 1. The molecule has 2 heterocycles. The number of H-pyrrole nitrogens is 1. The van der Waals surface area contributed by atoms with Crippen LogP contribution in [0.2, 0.25) is 5.02 Å². The summed E-state index contributed by atoms with van der Waals surface area (Å²) in [5.74, 6) is -0.480. The maximum atomic E-state index is 14.3. The van der Waals surface area contributed by atoms with Crippen LogP contribution in [0.4, 0.5) is 15.8 Å². The van der Waals surface area contributed by atoms with E-state index in [1.54, 1.807) is 12.3 Å². The monoisotopic (exact) mass is 370 g/mol. The molecule has 0 spiro atoms. The van der Waals surface area contributed by atoms with Gasteiger partial charge in [0.15, 0.2) is 0 Å². The van der Waals surface area contributed by atoms with E-state index in [0.717, 1.165) is 22.4 Å². The minimum atomic E-state index is -0.400. The van der Waals surface area contributed by atoms with Crippen LogP contribution in [0.3, 0.4) is 0 Å². The van der Waals surface area contributed by atoms with E-state index in [-0.39, 0.29) is 5.91 Å². The van der Waals surface area contributed by atoms with Gasteiger partial charge >= 0.3 is 0 Å². The maximum Gasteiger partial charge on any atom is 0.224 e. The number of fused-ring (bicyclic) bond motifs is 1. The van der Waals surface area contributed by atoms with Crippen LogP contribution < -0.4 is 10.6 Å². The fourth-order valence-electron chi connectivity index (χ4n) is 3.04. The van der Waals surface area contributed by atoms with Gasteiger partial charge in [-0.05, 0) is 41.8 Å². The molecule has 7 heteroatoms. The first-order chi connectivity index (χ1) is 12.6. The van der Waals surface area contributed by atoms with E-state index in [2.05, 4.69) is 20.8 Å². The van der Waals surface area contributed by atoms with Gasteiger partial charge < -0.3 is 10.6 Å². The van der Waals surface area contributed by atoms with Crippen LogP contribution in [0.15, 0.2) is 42.6 Å². The molecule has 2 aromatic carbocycles. The molecule has 1 amide bonds. The first kappa shape index (κ1) is 16.6. The molecule has 5 nitrogen and oxygen atoms in total. The van der Waals surface area contributed by atoms with Crippen molar-refractivity contribution in [3.05, 3.63) is 64.6 Å². The SMILES string of the molecule is O=C1CCc2cc(NCc3cn[nH]c3-c3ccc(Cl)cc3)c(F)cc2N1. The number of carbonyl (C=O) groups excluding carboxylic acids is 1. The molecule has 1 aliphatic heterocycles. The van der Waals surface area contributed by atoms with Crippen LogP contribution in [-0.2, 0) is 17.8 Å². The van der Waals surface area contributed by atoms with Crippen molar-refractivity contribution in [2.45, 2.75) is 19.4 Å². The number of aromatic amines is 1. The first-order valence-electron chi connectivity index (χ1n) is 8.24. The van der Waals surface area contributed by atoms with Gasteiger partial charge in [-0.1, -0.05) is 23.7 Å². The normalized spacial score (nSPS) is 13.2. The predicted molar refractivity (Wildman–Crippen MR) is 99.7 cm³/mol. The summed E-state index contributed by atoms with van der Waals surface area (Å²) in [5, 5.41) is 13.6. The number of rotatable bonds is 4. The minimum absolute atomic E-state index is 0.0800. The zero-order chi connectivity index (χ0) is 18.1. The molecule has 0 saturated heterocycles.